The Balaban J connectivity index is 2.95. The minimum absolute atomic E-state index is 0.484. The first-order valence-corrected chi connectivity index (χ1v) is 9.80. The molecule has 0 fully saturated rings. The number of ether oxygens (including phenoxy) is 1. The van der Waals surface area contributed by atoms with Crippen LogP contribution in [0.4, 0.5) is 0 Å². The zero-order valence-electron chi connectivity index (χ0n) is 8.34. The van der Waals surface area contributed by atoms with Crippen molar-refractivity contribution in [2.45, 2.75) is 13.0 Å². The van der Waals surface area contributed by atoms with Crippen LogP contribution in [0, 0.1) is 0 Å². The number of halogens is 2. The summed E-state index contributed by atoms with van der Waals surface area (Å²) in [5.74, 6) is -0.530. The van der Waals surface area contributed by atoms with E-state index in [0.717, 1.165) is 5.56 Å². The van der Waals surface area contributed by atoms with Crippen molar-refractivity contribution in [1.82, 2.24) is 0 Å². The van der Waals surface area contributed by atoms with Crippen molar-refractivity contribution in [1.29, 1.82) is 0 Å². The molecule has 1 N–H and O–H groups in total. The maximum absolute atomic E-state index is 10.7. The summed E-state index contributed by atoms with van der Waals surface area (Å²) in [5.41, 5.74) is 0.736. The topological polar surface area (TPSA) is 46.5 Å². The Morgan fingerprint density at radius 2 is 2.12 bits per heavy atom. The van der Waals surface area contributed by atoms with Crippen molar-refractivity contribution in [2.75, 3.05) is 0 Å². The standard InChI is InChI=1S/C10H10O3.2ClH.Ru/c1-7-5-3-4-6-9(7)13-8(2)10(11)12;;;/h1,3-6,8H,2H3,(H,11,12);2*1H;/q;;;+2/p-2. The van der Waals surface area contributed by atoms with Gasteiger partial charge in [-0.05, 0) is 0 Å². The summed E-state index contributed by atoms with van der Waals surface area (Å²) in [4.78, 5) is 10.7. The third-order valence-electron chi connectivity index (χ3n) is 1.76. The summed E-state index contributed by atoms with van der Waals surface area (Å²) in [6.07, 6.45) is -0.902. The predicted molar refractivity (Wildman–Crippen MR) is 61.0 cm³/mol. The molecule has 1 unspecified atom stereocenters. The van der Waals surface area contributed by atoms with Crippen LogP contribution >= 0.6 is 19.4 Å². The molecule has 0 saturated carbocycles. The Kier molecular flexibility index (Phi) is 5.40. The average Bonchev–Trinajstić information content (AvgIpc) is 2.20. The number of carboxylic acids is 1. The molecule has 0 saturated heterocycles. The van der Waals surface area contributed by atoms with Gasteiger partial charge in [0.1, 0.15) is 0 Å². The van der Waals surface area contributed by atoms with Gasteiger partial charge in [-0.1, -0.05) is 0 Å². The normalized spacial score (nSPS) is 12.8. The molecule has 3 nitrogen and oxygen atoms in total. The molecule has 0 heterocycles. The summed E-state index contributed by atoms with van der Waals surface area (Å²) in [5, 5.41) is 8.74. The SMILES string of the molecule is CC(Oc1ccccc1[CH]=[Ru]([Cl])[Cl])C(=O)O. The molecule has 0 aliphatic carbocycles. The molecule has 0 aliphatic rings. The van der Waals surface area contributed by atoms with E-state index in [4.69, 9.17) is 29.2 Å². The van der Waals surface area contributed by atoms with Crippen molar-refractivity contribution >= 4 is 30.0 Å². The van der Waals surface area contributed by atoms with Crippen molar-refractivity contribution < 1.29 is 28.2 Å². The summed E-state index contributed by atoms with van der Waals surface area (Å²) in [7, 11) is 11.5. The molecule has 0 amide bonds. The molecule has 1 aromatic carbocycles. The van der Waals surface area contributed by atoms with E-state index in [1.807, 2.05) is 6.07 Å². The second-order valence-corrected chi connectivity index (χ2v) is 8.67. The minimum atomic E-state index is -1.94. The molecule has 16 heavy (non-hydrogen) atoms. The van der Waals surface area contributed by atoms with Gasteiger partial charge >= 0.3 is 107 Å². The molecule has 90 valence electrons. The van der Waals surface area contributed by atoms with E-state index in [1.165, 1.54) is 6.92 Å². The molecule has 0 radical (unpaired) electrons. The third kappa shape index (κ3) is 4.21. The fourth-order valence-corrected chi connectivity index (χ4v) is 2.80. The van der Waals surface area contributed by atoms with E-state index >= 15 is 0 Å². The zero-order chi connectivity index (χ0) is 12.1. The molecule has 1 rings (SSSR count). The molecule has 6 heteroatoms. The second-order valence-electron chi connectivity index (χ2n) is 2.94. The van der Waals surface area contributed by atoms with Crippen LogP contribution < -0.4 is 4.74 Å². The summed E-state index contributed by atoms with van der Waals surface area (Å²) in [6.45, 7) is 1.47. The molecule has 1 atom stereocenters. The molecular weight excluding hydrogens is 340 g/mol. The molecule has 0 aliphatic heterocycles. The average molecular weight is 350 g/mol. The van der Waals surface area contributed by atoms with E-state index in [9.17, 15) is 4.79 Å². The number of aliphatic carboxylic acids is 1. The number of hydrogen-bond acceptors (Lipinski definition) is 2. The first-order valence-electron chi connectivity index (χ1n) is 4.32. The van der Waals surface area contributed by atoms with Crippen LogP contribution in [-0.2, 0) is 18.3 Å². The van der Waals surface area contributed by atoms with Crippen LogP contribution in [0.5, 0.6) is 5.75 Å². The van der Waals surface area contributed by atoms with Gasteiger partial charge in [0.2, 0.25) is 0 Å². The van der Waals surface area contributed by atoms with E-state index in [2.05, 4.69) is 0 Å². The summed E-state index contributed by atoms with van der Waals surface area (Å²) in [6, 6.07) is 7.06. The summed E-state index contributed by atoms with van der Waals surface area (Å²) < 4.78 is 7.00. The van der Waals surface area contributed by atoms with Crippen molar-refractivity contribution in [3.05, 3.63) is 29.8 Å². The van der Waals surface area contributed by atoms with Crippen LogP contribution in [0.25, 0.3) is 0 Å². The van der Waals surface area contributed by atoms with Gasteiger partial charge in [0.25, 0.3) is 0 Å². The van der Waals surface area contributed by atoms with E-state index in [0.29, 0.717) is 5.75 Å². The van der Waals surface area contributed by atoms with Gasteiger partial charge in [0, 0.05) is 0 Å². The number of benzene rings is 1. The summed E-state index contributed by atoms with van der Waals surface area (Å²) >= 11 is -1.94. The van der Waals surface area contributed by atoms with Gasteiger partial charge in [-0.3, -0.25) is 0 Å². The van der Waals surface area contributed by atoms with Crippen LogP contribution in [-0.4, -0.2) is 21.8 Å². The number of carboxylic acid groups (broad SMARTS) is 1. The molecule has 0 aromatic heterocycles. The van der Waals surface area contributed by atoms with Gasteiger partial charge in [-0.25, -0.2) is 0 Å². The fourth-order valence-electron chi connectivity index (χ4n) is 0.996. The monoisotopic (exact) mass is 350 g/mol. The quantitative estimate of drug-likeness (QED) is 0.850. The van der Waals surface area contributed by atoms with Gasteiger partial charge in [-0.15, -0.1) is 0 Å². The molecule has 0 spiro atoms. The maximum atomic E-state index is 10.7. The Hall–Kier alpha value is -0.437. The van der Waals surface area contributed by atoms with E-state index in [1.54, 1.807) is 22.8 Å². The fraction of sp³-hybridized carbons (Fsp3) is 0.200. The van der Waals surface area contributed by atoms with E-state index < -0.39 is 25.6 Å². The Morgan fingerprint density at radius 3 is 2.69 bits per heavy atom. The van der Waals surface area contributed by atoms with Crippen LogP contribution in [0.1, 0.15) is 12.5 Å². The van der Waals surface area contributed by atoms with Gasteiger partial charge < -0.3 is 0 Å². The van der Waals surface area contributed by atoms with Gasteiger partial charge in [0.05, 0.1) is 0 Å². The second kappa shape index (κ2) is 6.34. The van der Waals surface area contributed by atoms with Crippen molar-refractivity contribution in [2.24, 2.45) is 0 Å². The van der Waals surface area contributed by atoms with Crippen molar-refractivity contribution in [3.8, 4) is 5.75 Å². The van der Waals surface area contributed by atoms with E-state index in [-0.39, 0.29) is 0 Å². The number of hydrogen-bond donors (Lipinski definition) is 1. The first kappa shape index (κ1) is 13.6. The van der Waals surface area contributed by atoms with Crippen LogP contribution in [0.3, 0.4) is 0 Å². The van der Waals surface area contributed by atoms with Crippen molar-refractivity contribution in [3.63, 3.8) is 0 Å². The molecular formula is C10H10Cl2O3Ru. The zero-order valence-corrected chi connectivity index (χ0v) is 11.6. The Morgan fingerprint density at radius 1 is 1.50 bits per heavy atom. The third-order valence-corrected chi connectivity index (χ3v) is 3.59. The Labute approximate surface area is 106 Å². The van der Waals surface area contributed by atoms with Crippen LogP contribution in [0.2, 0.25) is 0 Å². The first-order chi connectivity index (χ1) is 7.50. The molecule has 0 bridgehead atoms. The van der Waals surface area contributed by atoms with Gasteiger partial charge in [-0.2, -0.15) is 0 Å². The van der Waals surface area contributed by atoms with Crippen LogP contribution in [0.15, 0.2) is 24.3 Å². The predicted octanol–water partition coefficient (Wildman–Crippen LogP) is 2.61. The molecule has 1 aromatic rings. The number of carbonyl (C=O) groups is 1. The number of para-hydroxylation sites is 1. The number of rotatable bonds is 4. The van der Waals surface area contributed by atoms with Gasteiger partial charge in [0.15, 0.2) is 0 Å². The Bertz CT molecular complexity index is 416.